The number of carbonyl (C=O) groups is 1. The van der Waals surface area contributed by atoms with E-state index in [2.05, 4.69) is 12.2 Å². The summed E-state index contributed by atoms with van der Waals surface area (Å²) >= 11 is 0. The van der Waals surface area contributed by atoms with E-state index in [1.54, 1.807) is 13.8 Å². The molecule has 0 fully saturated rings. The van der Waals surface area contributed by atoms with E-state index in [0.717, 1.165) is 17.9 Å². The summed E-state index contributed by atoms with van der Waals surface area (Å²) in [6.07, 6.45) is 0.624. The molecule has 0 bridgehead atoms. The number of benzene rings is 1. The van der Waals surface area contributed by atoms with Gasteiger partial charge < -0.3 is 19.5 Å². The monoisotopic (exact) mass is 295 g/mol. The van der Waals surface area contributed by atoms with Gasteiger partial charge in [-0.3, -0.25) is 0 Å². The van der Waals surface area contributed by atoms with Crippen LogP contribution in [0.1, 0.15) is 34.1 Å². The van der Waals surface area contributed by atoms with Gasteiger partial charge in [-0.15, -0.1) is 0 Å². The summed E-state index contributed by atoms with van der Waals surface area (Å²) in [4.78, 5) is 11.2. The van der Waals surface area contributed by atoms with E-state index in [-0.39, 0.29) is 12.2 Å². The third-order valence-corrected chi connectivity index (χ3v) is 2.72. The van der Waals surface area contributed by atoms with E-state index in [4.69, 9.17) is 14.2 Å². The Balaban J connectivity index is 2.25. The van der Waals surface area contributed by atoms with Crippen molar-refractivity contribution in [2.45, 2.75) is 46.3 Å². The molecule has 1 atom stereocenters. The molecule has 1 N–H and O–H groups in total. The van der Waals surface area contributed by atoms with Crippen LogP contribution in [0.5, 0.6) is 11.5 Å². The van der Waals surface area contributed by atoms with Crippen LogP contribution in [-0.4, -0.2) is 31.5 Å². The molecule has 0 aliphatic carbocycles. The zero-order chi connectivity index (χ0) is 15.7. The highest BCUT2D eigenvalue weighted by atomic mass is 16.6. The van der Waals surface area contributed by atoms with Crippen molar-refractivity contribution < 1.29 is 19.0 Å². The number of rotatable bonds is 8. The minimum absolute atomic E-state index is 0.121. The summed E-state index contributed by atoms with van der Waals surface area (Å²) in [5.74, 6) is 1.57. The fourth-order valence-corrected chi connectivity index (χ4v) is 1.51. The van der Waals surface area contributed by atoms with Crippen molar-refractivity contribution in [1.29, 1.82) is 0 Å². The van der Waals surface area contributed by atoms with Crippen molar-refractivity contribution in [2.75, 3.05) is 13.2 Å². The second kappa shape index (κ2) is 9.10. The van der Waals surface area contributed by atoms with Crippen LogP contribution in [0.2, 0.25) is 0 Å². The standard InChI is InChI=1S/C16H25NO4/c1-5-13(4)21-15-8-6-14(7-9-15)19-11-10-17-16(18)20-12(2)3/h6-9,12-13H,5,10-11H2,1-4H3,(H,17,18). The minimum Gasteiger partial charge on any atom is -0.492 e. The van der Waals surface area contributed by atoms with E-state index in [9.17, 15) is 4.79 Å². The Morgan fingerprint density at radius 2 is 1.76 bits per heavy atom. The highest BCUT2D eigenvalue weighted by Gasteiger charge is 2.04. The molecule has 1 aromatic rings. The molecule has 0 spiro atoms. The fourth-order valence-electron chi connectivity index (χ4n) is 1.51. The highest BCUT2D eigenvalue weighted by Crippen LogP contribution is 2.19. The molecule has 1 amide bonds. The van der Waals surface area contributed by atoms with Crippen molar-refractivity contribution in [3.63, 3.8) is 0 Å². The molecule has 1 rings (SSSR count). The normalized spacial score (nSPS) is 11.9. The number of hydrogen-bond donors (Lipinski definition) is 1. The maximum Gasteiger partial charge on any atom is 0.407 e. The molecule has 21 heavy (non-hydrogen) atoms. The Morgan fingerprint density at radius 1 is 1.14 bits per heavy atom. The number of hydrogen-bond acceptors (Lipinski definition) is 4. The zero-order valence-electron chi connectivity index (χ0n) is 13.2. The lowest BCUT2D eigenvalue weighted by Crippen LogP contribution is -2.30. The summed E-state index contributed by atoms with van der Waals surface area (Å²) in [5.41, 5.74) is 0. The molecule has 0 saturated heterocycles. The lowest BCUT2D eigenvalue weighted by Gasteiger charge is -2.13. The second-order valence-corrected chi connectivity index (χ2v) is 5.04. The first-order chi connectivity index (χ1) is 10.0. The predicted molar refractivity (Wildman–Crippen MR) is 81.9 cm³/mol. The molecule has 0 saturated carbocycles. The number of nitrogens with one attached hydrogen (secondary N) is 1. The van der Waals surface area contributed by atoms with Gasteiger partial charge in [-0.05, 0) is 51.5 Å². The molecule has 0 aliphatic heterocycles. The van der Waals surface area contributed by atoms with Crippen molar-refractivity contribution in [1.82, 2.24) is 5.32 Å². The van der Waals surface area contributed by atoms with E-state index in [1.807, 2.05) is 31.2 Å². The highest BCUT2D eigenvalue weighted by molar-refractivity contribution is 5.67. The summed E-state index contributed by atoms with van der Waals surface area (Å²) in [6.45, 7) is 8.51. The van der Waals surface area contributed by atoms with Crippen LogP contribution in [-0.2, 0) is 4.74 Å². The molecule has 1 unspecified atom stereocenters. The van der Waals surface area contributed by atoms with Gasteiger partial charge in [0.05, 0.1) is 18.8 Å². The average molecular weight is 295 g/mol. The van der Waals surface area contributed by atoms with E-state index >= 15 is 0 Å². The van der Waals surface area contributed by atoms with Crippen molar-refractivity contribution in [3.8, 4) is 11.5 Å². The Morgan fingerprint density at radius 3 is 2.33 bits per heavy atom. The molecule has 0 heterocycles. The molecule has 118 valence electrons. The van der Waals surface area contributed by atoms with Gasteiger partial charge >= 0.3 is 6.09 Å². The molecular formula is C16H25NO4. The maximum absolute atomic E-state index is 11.2. The topological polar surface area (TPSA) is 56.8 Å². The summed E-state index contributed by atoms with van der Waals surface area (Å²) < 4.78 is 16.1. The molecule has 0 radical (unpaired) electrons. The first-order valence-corrected chi connectivity index (χ1v) is 7.35. The number of carbonyl (C=O) groups excluding carboxylic acids is 1. The van der Waals surface area contributed by atoms with Gasteiger partial charge in [0.25, 0.3) is 0 Å². The van der Waals surface area contributed by atoms with Crippen LogP contribution in [0.3, 0.4) is 0 Å². The van der Waals surface area contributed by atoms with E-state index in [0.29, 0.717) is 13.2 Å². The minimum atomic E-state index is -0.425. The summed E-state index contributed by atoms with van der Waals surface area (Å²) in [6, 6.07) is 7.46. The van der Waals surface area contributed by atoms with Gasteiger partial charge in [0.2, 0.25) is 0 Å². The SMILES string of the molecule is CCC(C)Oc1ccc(OCCNC(=O)OC(C)C)cc1. The van der Waals surface area contributed by atoms with Gasteiger partial charge in [-0.2, -0.15) is 0 Å². The molecule has 1 aromatic carbocycles. The Bertz CT molecular complexity index is 417. The van der Waals surface area contributed by atoms with Crippen molar-refractivity contribution in [3.05, 3.63) is 24.3 Å². The van der Waals surface area contributed by atoms with Crippen molar-refractivity contribution >= 4 is 6.09 Å². The molecule has 0 aromatic heterocycles. The first kappa shape index (κ1) is 17.1. The van der Waals surface area contributed by atoms with Gasteiger partial charge in [-0.25, -0.2) is 4.79 Å². The third-order valence-electron chi connectivity index (χ3n) is 2.72. The number of ether oxygens (including phenoxy) is 3. The van der Waals surface area contributed by atoms with E-state index in [1.165, 1.54) is 0 Å². The lowest BCUT2D eigenvalue weighted by molar-refractivity contribution is 0.114. The second-order valence-electron chi connectivity index (χ2n) is 5.04. The Labute approximate surface area is 126 Å². The molecule has 0 aliphatic rings. The van der Waals surface area contributed by atoms with Crippen LogP contribution in [0.4, 0.5) is 4.79 Å². The van der Waals surface area contributed by atoms with Gasteiger partial charge in [0.15, 0.2) is 0 Å². The van der Waals surface area contributed by atoms with Crippen LogP contribution in [0, 0.1) is 0 Å². The fraction of sp³-hybridized carbons (Fsp3) is 0.562. The molecule has 5 nitrogen and oxygen atoms in total. The Hall–Kier alpha value is -1.91. The maximum atomic E-state index is 11.2. The van der Waals surface area contributed by atoms with Gasteiger partial charge in [0.1, 0.15) is 18.1 Å². The summed E-state index contributed by atoms with van der Waals surface area (Å²) in [7, 11) is 0. The smallest absolute Gasteiger partial charge is 0.407 e. The average Bonchev–Trinajstić information content (AvgIpc) is 2.44. The van der Waals surface area contributed by atoms with Gasteiger partial charge in [0, 0.05) is 0 Å². The third kappa shape index (κ3) is 7.44. The van der Waals surface area contributed by atoms with Crippen LogP contribution >= 0.6 is 0 Å². The summed E-state index contributed by atoms with van der Waals surface area (Å²) in [5, 5.41) is 2.62. The number of alkyl carbamates (subject to hydrolysis) is 1. The number of amides is 1. The van der Waals surface area contributed by atoms with Crippen LogP contribution < -0.4 is 14.8 Å². The van der Waals surface area contributed by atoms with Crippen LogP contribution in [0.25, 0.3) is 0 Å². The van der Waals surface area contributed by atoms with Crippen molar-refractivity contribution in [2.24, 2.45) is 0 Å². The largest absolute Gasteiger partial charge is 0.492 e. The lowest BCUT2D eigenvalue weighted by atomic mass is 10.3. The molecular weight excluding hydrogens is 270 g/mol. The van der Waals surface area contributed by atoms with Gasteiger partial charge in [-0.1, -0.05) is 6.92 Å². The Kier molecular flexibility index (Phi) is 7.43. The zero-order valence-corrected chi connectivity index (χ0v) is 13.2. The van der Waals surface area contributed by atoms with Crippen LogP contribution in [0.15, 0.2) is 24.3 Å². The first-order valence-electron chi connectivity index (χ1n) is 7.35. The quantitative estimate of drug-likeness (QED) is 0.747. The molecule has 5 heteroatoms. The van der Waals surface area contributed by atoms with E-state index < -0.39 is 6.09 Å². The predicted octanol–water partition coefficient (Wildman–Crippen LogP) is 3.38.